The Labute approximate surface area is 185 Å². The second-order valence-electron chi connectivity index (χ2n) is 7.30. The van der Waals surface area contributed by atoms with Gasteiger partial charge in [-0.15, -0.1) is 10.2 Å². The fraction of sp³-hybridized carbons (Fsp3) is 0.318. The molecule has 3 aromatic rings. The van der Waals surface area contributed by atoms with Crippen LogP contribution in [0.25, 0.3) is 11.5 Å². The minimum Gasteiger partial charge on any atom is -0.411 e. The number of ketones is 1. The van der Waals surface area contributed by atoms with Crippen LogP contribution >= 0.6 is 11.8 Å². The maximum Gasteiger partial charge on any atom is 0.277 e. The van der Waals surface area contributed by atoms with Gasteiger partial charge in [0.1, 0.15) is 0 Å². The monoisotopic (exact) mass is 457 g/mol. The number of benzene rings is 2. The van der Waals surface area contributed by atoms with Gasteiger partial charge in [-0.25, -0.2) is 8.42 Å². The molecule has 4 rings (SSSR count). The number of hydrogen-bond donors (Lipinski definition) is 0. The quantitative estimate of drug-likeness (QED) is 0.386. The lowest BCUT2D eigenvalue weighted by molar-refractivity contribution is 0.102. The number of carbonyl (C=O) groups is 1. The standard InChI is InChI=1S/C22H23N3O4S2/c26-20(17-9-4-3-5-10-17)16-30-22-24-23-21(29-22)18-11-8-12-19(15-18)31(27,28)25-13-6-1-2-7-14-25/h3-5,8-12,15H,1-2,6-7,13-14,16H2. The Morgan fingerprint density at radius 2 is 1.71 bits per heavy atom. The zero-order valence-electron chi connectivity index (χ0n) is 16.9. The Morgan fingerprint density at radius 1 is 0.968 bits per heavy atom. The Bertz CT molecular complexity index is 1140. The van der Waals surface area contributed by atoms with Crippen LogP contribution in [0.4, 0.5) is 0 Å². The summed E-state index contributed by atoms with van der Waals surface area (Å²) < 4.78 is 33.3. The molecule has 2 aromatic carbocycles. The van der Waals surface area contributed by atoms with Gasteiger partial charge in [-0.05, 0) is 31.0 Å². The van der Waals surface area contributed by atoms with Crippen molar-refractivity contribution in [3.8, 4) is 11.5 Å². The fourth-order valence-corrected chi connectivity index (χ4v) is 5.66. The van der Waals surface area contributed by atoms with Crippen LogP contribution in [-0.2, 0) is 10.0 Å². The van der Waals surface area contributed by atoms with E-state index in [-0.39, 0.29) is 27.5 Å². The summed E-state index contributed by atoms with van der Waals surface area (Å²) in [6.07, 6.45) is 3.87. The number of Topliss-reactive ketones (excluding diaryl/α,β-unsaturated/α-hetero) is 1. The Morgan fingerprint density at radius 3 is 2.45 bits per heavy atom. The van der Waals surface area contributed by atoms with Crippen LogP contribution in [0.15, 0.2) is 69.1 Å². The SMILES string of the molecule is O=C(CSc1nnc(-c2cccc(S(=O)(=O)N3CCCCCC3)c2)o1)c1ccccc1. The normalized spacial score (nSPS) is 15.5. The van der Waals surface area contributed by atoms with Gasteiger partial charge in [0.15, 0.2) is 5.78 Å². The minimum absolute atomic E-state index is 0.0316. The van der Waals surface area contributed by atoms with E-state index in [9.17, 15) is 13.2 Å². The van der Waals surface area contributed by atoms with E-state index in [0.29, 0.717) is 24.2 Å². The Balaban J connectivity index is 1.47. The van der Waals surface area contributed by atoms with Crippen molar-refractivity contribution in [1.82, 2.24) is 14.5 Å². The maximum absolute atomic E-state index is 13.1. The topological polar surface area (TPSA) is 93.4 Å². The van der Waals surface area contributed by atoms with Crippen molar-refractivity contribution in [2.24, 2.45) is 0 Å². The van der Waals surface area contributed by atoms with Crippen LogP contribution in [0.3, 0.4) is 0 Å². The predicted molar refractivity (Wildman–Crippen MR) is 118 cm³/mol. The lowest BCUT2D eigenvalue weighted by atomic mass is 10.2. The summed E-state index contributed by atoms with van der Waals surface area (Å²) in [7, 11) is -3.57. The molecule has 0 bridgehead atoms. The maximum atomic E-state index is 13.1. The molecule has 7 nitrogen and oxygen atoms in total. The van der Waals surface area contributed by atoms with Crippen molar-refractivity contribution in [2.75, 3.05) is 18.8 Å². The number of thioether (sulfide) groups is 1. The summed E-state index contributed by atoms with van der Waals surface area (Å²) in [6.45, 7) is 1.09. The van der Waals surface area contributed by atoms with Gasteiger partial charge in [0, 0.05) is 24.2 Å². The summed E-state index contributed by atoms with van der Waals surface area (Å²) >= 11 is 1.16. The molecule has 1 aromatic heterocycles. The predicted octanol–water partition coefficient (Wildman–Crippen LogP) is 4.28. The van der Waals surface area contributed by atoms with E-state index in [0.717, 1.165) is 37.4 Å². The average Bonchev–Trinajstić information content (AvgIpc) is 3.10. The van der Waals surface area contributed by atoms with Gasteiger partial charge in [-0.1, -0.05) is 61.0 Å². The molecule has 0 unspecified atom stereocenters. The molecule has 1 saturated heterocycles. The first-order valence-electron chi connectivity index (χ1n) is 10.2. The smallest absolute Gasteiger partial charge is 0.277 e. The highest BCUT2D eigenvalue weighted by molar-refractivity contribution is 7.99. The van der Waals surface area contributed by atoms with Gasteiger partial charge >= 0.3 is 0 Å². The van der Waals surface area contributed by atoms with Gasteiger partial charge < -0.3 is 4.42 Å². The second kappa shape index (κ2) is 9.76. The number of rotatable bonds is 7. The molecule has 162 valence electrons. The molecule has 0 N–H and O–H groups in total. The van der Waals surface area contributed by atoms with Crippen molar-refractivity contribution in [3.63, 3.8) is 0 Å². The summed E-state index contributed by atoms with van der Waals surface area (Å²) in [5.41, 5.74) is 1.16. The molecule has 0 radical (unpaired) electrons. The van der Waals surface area contributed by atoms with Gasteiger partial charge in [0.2, 0.25) is 15.9 Å². The van der Waals surface area contributed by atoms with Crippen LogP contribution in [0, 0.1) is 0 Å². The lowest BCUT2D eigenvalue weighted by Crippen LogP contribution is -2.31. The van der Waals surface area contributed by atoms with E-state index in [1.54, 1.807) is 40.7 Å². The molecule has 0 atom stereocenters. The highest BCUT2D eigenvalue weighted by Gasteiger charge is 2.26. The van der Waals surface area contributed by atoms with Gasteiger partial charge in [-0.2, -0.15) is 4.31 Å². The summed E-state index contributed by atoms with van der Waals surface area (Å²) in [5, 5.41) is 8.28. The molecule has 1 aliphatic heterocycles. The largest absolute Gasteiger partial charge is 0.411 e. The molecule has 1 aliphatic rings. The Kier molecular flexibility index (Phi) is 6.84. The molecule has 9 heteroatoms. The van der Waals surface area contributed by atoms with Gasteiger partial charge in [0.05, 0.1) is 10.6 Å². The average molecular weight is 458 g/mol. The number of nitrogens with zero attached hydrogens (tertiary/aromatic N) is 3. The third-order valence-electron chi connectivity index (χ3n) is 5.11. The first-order valence-corrected chi connectivity index (χ1v) is 12.6. The minimum atomic E-state index is -3.57. The van der Waals surface area contributed by atoms with Crippen molar-refractivity contribution < 1.29 is 17.6 Å². The Hall–Kier alpha value is -2.49. The van der Waals surface area contributed by atoms with Crippen LogP contribution in [0.2, 0.25) is 0 Å². The van der Waals surface area contributed by atoms with Gasteiger partial charge in [-0.3, -0.25) is 4.79 Å². The molecule has 0 spiro atoms. The lowest BCUT2D eigenvalue weighted by Gasteiger charge is -2.20. The van der Waals surface area contributed by atoms with Crippen molar-refractivity contribution in [3.05, 3.63) is 60.2 Å². The van der Waals surface area contributed by atoms with E-state index in [4.69, 9.17) is 4.42 Å². The van der Waals surface area contributed by atoms with E-state index >= 15 is 0 Å². The molecule has 0 saturated carbocycles. The van der Waals surface area contributed by atoms with E-state index in [1.807, 2.05) is 18.2 Å². The summed E-state index contributed by atoms with van der Waals surface area (Å²) in [4.78, 5) is 12.5. The highest BCUT2D eigenvalue weighted by Crippen LogP contribution is 2.27. The number of hydrogen-bond acceptors (Lipinski definition) is 7. The van der Waals surface area contributed by atoms with Crippen LogP contribution < -0.4 is 0 Å². The summed E-state index contributed by atoms with van der Waals surface area (Å²) in [5.74, 6) is 0.369. The third-order valence-corrected chi connectivity index (χ3v) is 7.83. The van der Waals surface area contributed by atoms with Crippen LogP contribution in [0.5, 0.6) is 0 Å². The summed E-state index contributed by atoms with van der Waals surface area (Å²) in [6, 6.07) is 15.6. The fourth-order valence-electron chi connectivity index (χ4n) is 3.44. The molecule has 0 amide bonds. The van der Waals surface area contributed by atoms with Gasteiger partial charge in [0.25, 0.3) is 5.22 Å². The van der Waals surface area contributed by atoms with Crippen molar-refractivity contribution in [1.29, 1.82) is 0 Å². The zero-order chi connectivity index (χ0) is 21.7. The molecule has 2 heterocycles. The number of sulfonamides is 1. The van der Waals surface area contributed by atoms with Crippen LogP contribution in [-0.4, -0.2) is 47.5 Å². The first-order chi connectivity index (χ1) is 15.0. The van der Waals surface area contributed by atoms with E-state index in [2.05, 4.69) is 10.2 Å². The first kappa shape index (κ1) is 21.7. The molecule has 1 fully saturated rings. The molecular formula is C22H23N3O4S2. The van der Waals surface area contributed by atoms with E-state index < -0.39 is 10.0 Å². The third kappa shape index (κ3) is 5.23. The highest BCUT2D eigenvalue weighted by atomic mass is 32.2. The van der Waals surface area contributed by atoms with E-state index in [1.165, 1.54) is 0 Å². The zero-order valence-corrected chi connectivity index (χ0v) is 18.6. The molecule has 31 heavy (non-hydrogen) atoms. The van der Waals surface area contributed by atoms with Crippen molar-refractivity contribution in [2.45, 2.75) is 35.8 Å². The van der Waals surface area contributed by atoms with Crippen LogP contribution in [0.1, 0.15) is 36.0 Å². The number of carbonyl (C=O) groups excluding carboxylic acids is 1. The second-order valence-corrected chi connectivity index (χ2v) is 10.2. The molecule has 0 aliphatic carbocycles. The van der Waals surface area contributed by atoms with Crippen molar-refractivity contribution >= 4 is 27.6 Å². The molecular weight excluding hydrogens is 434 g/mol. The number of aromatic nitrogens is 2.